The maximum Gasteiger partial charge on any atom is 0.252 e. The van der Waals surface area contributed by atoms with Crippen molar-refractivity contribution >= 4 is 34.8 Å². The van der Waals surface area contributed by atoms with Gasteiger partial charge in [0.15, 0.2) is 0 Å². The normalized spacial score (nSPS) is 25.7. The topological polar surface area (TPSA) is 23.6 Å². The number of alkyl halides is 1. The summed E-state index contributed by atoms with van der Waals surface area (Å²) in [6.45, 7) is 0. The Morgan fingerprint density at radius 3 is 2.38 bits per heavy atom. The van der Waals surface area contributed by atoms with E-state index in [1.54, 1.807) is 0 Å². The maximum atomic E-state index is 12.5. The average molecular weight is 327 g/mol. The van der Waals surface area contributed by atoms with Crippen LogP contribution in [-0.4, -0.2) is 42.4 Å². The van der Waals surface area contributed by atoms with Gasteiger partial charge in [0.2, 0.25) is 0 Å². The van der Waals surface area contributed by atoms with E-state index in [0.29, 0.717) is 0 Å². The summed E-state index contributed by atoms with van der Waals surface area (Å²) < 4.78 is 0. The molecule has 1 aromatic rings. The Balaban J connectivity index is 2.37. The first kappa shape index (κ1) is 16.3. The zero-order valence-corrected chi connectivity index (χ0v) is 13.8. The molecule has 0 saturated heterocycles. The number of hydrogen-bond donors (Lipinski definition) is 0. The van der Waals surface area contributed by atoms with Gasteiger partial charge in [-0.3, -0.25) is 4.79 Å². The quantitative estimate of drug-likeness (QED) is 0.624. The molecule has 114 valence electrons. The van der Waals surface area contributed by atoms with E-state index in [2.05, 4.69) is 4.90 Å². The van der Waals surface area contributed by atoms with Crippen molar-refractivity contribution in [1.29, 1.82) is 0 Å². The summed E-state index contributed by atoms with van der Waals surface area (Å²) in [6.07, 6.45) is 3.05. The standard InChI is InChI=1S/C16H20Cl2N2O/c1-19(2)14-10-12(18)11-15(14)20(16(21)8-9-17)13-6-4-3-5-7-13/h3-9,12,14-15H,10-11H2,1-2H3. The molecule has 0 bridgehead atoms. The van der Waals surface area contributed by atoms with Crippen LogP contribution in [0.25, 0.3) is 0 Å². The number of halogens is 2. The second kappa shape index (κ2) is 7.30. The summed E-state index contributed by atoms with van der Waals surface area (Å²) in [4.78, 5) is 16.4. The highest BCUT2D eigenvalue weighted by atomic mass is 35.5. The van der Waals surface area contributed by atoms with Gasteiger partial charge >= 0.3 is 0 Å². The third-order valence-electron chi connectivity index (χ3n) is 3.91. The van der Waals surface area contributed by atoms with Crippen LogP contribution in [0.15, 0.2) is 41.9 Å². The molecule has 0 aliphatic heterocycles. The van der Waals surface area contributed by atoms with Crippen LogP contribution in [0.5, 0.6) is 0 Å². The second-order valence-electron chi connectivity index (χ2n) is 5.50. The molecule has 1 aromatic carbocycles. The Labute approximate surface area is 136 Å². The van der Waals surface area contributed by atoms with Crippen LogP contribution in [0.4, 0.5) is 5.69 Å². The number of carbonyl (C=O) groups excluding carboxylic acids is 1. The molecule has 0 spiro atoms. The van der Waals surface area contributed by atoms with Crippen LogP contribution in [0.2, 0.25) is 0 Å². The summed E-state index contributed by atoms with van der Waals surface area (Å²) in [6, 6.07) is 9.95. The molecular formula is C16H20Cl2N2O. The third-order valence-corrected chi connectivity index (χ3v) is 4.39. The monoisotopic (exact) mass is 326 g/mol. The fourth-order valence-corrected chi connectivity index (χ4v) is 3.44. The van der Waals surface area contributed by atoms with Crippen LogP contribution in [0.1, 0.15) is 12.8 Å². The van der Waals surface area contributed by atoms with E-state index in [1.807, 2.05) is 49.3 Å². The van der Waals surface area contributed by atoms with Gasteiger partial charge in [0.1, 0.15) is 0 Å². The number of amides is 1. The van der Waals surface area contributed by atoms with E-state index in [0.717, 1.165) is 18.5 Å². The molecule has 1 saturated carbocycles. The van der Waals surface area contributed by atoms with Crippen molar-refractivity contribution in [3.63, 3.8) is 0 Å². The minimum Gasteiger partial charge on any atom is -0.304 e. The molecule has 2 rings (SSSR count). The largest absolute Gasteiger partial charge is 0.304 e. The lowest BCUT2D eigenvalue weighted by Crippen LogP contribution is -2.49. The maximum absolute atomic E-state index is 12.5. The van der Waals surface area contributed by atoms with Crippen molar-refractivity contribution in [3.8, 4) is 0 Å². The Morgan fingerprint density at radius 1 is 1.19 bits per heavy atom. The minimum atomic E-state index is -0.112. The molecule has 0 N–H and O–H groups in total. The summed E-state index contributed by atoms with van der Waals surface area (Å²) >= 11 is 11.9. The Hall–Kier alpha value is -1.03. The highest BCUT2D eigenvalue weighted by Crippen LogP contribution is 2.34. The van der Waals surface area contributed by atoms with Gasteiger partial charge in [-0.2, -0.15) is 0 Å². The van der Waals surface area contributed by atoms with Crippen molar-refractivity contribution in [3.05, 3.63) is 41.9 Å². The van der Waals surface area contributed by atoms with Gasteiger partial charge in [-0.25, -0.2) is 0 Å². The molecule has 1 fully saturated rings. The second-order valence-corrected chi connectivity index (χ2v) is 6.37. The van der Waals surface area contributed by atoms with Gasteiger partial charge in [0.25, 0.3) is 5.91 Å². The Bertz CT molecular complexity index is 504. The number of anilines is 1. The fraction of sp³-hybridized carbons (Fsp3) is 0.438. The van der Waals surface area contributed by atoms with Crippen LogP contribution < -0.4 is 4.90 Å². The molecule has 0 radical (unpaired) electrons. The number of hydrogen-bond acceptors (Lipinski definition) is 2. The van der Waals surface area contributed by atoms with Gasteiger partial charge in [-0.15, -0.1) is 11.6 Å². The third kappa shape index (κ3) is 3.79. The summed E-state index contributed by atoms with van der Waals surface area (Å²) in [5.41, 5.74) is 2.13. The van der Waals surface area contributed by atoms with Gasteiger partial charge in [-0.05, 0) is 39.1 Å². The number of rotatable bonds is 4. The summed E-state index contributed by atoms with van der Waals surface area (Å²) in [7, 11) is 4.05. The molecule has 0 heterocycles. The van der Waals surface area contributed by atoms with E-state index in [9.17, 15) is 4.79 Å². The first-order valence-corrected chi connectivity index (χ1v) is 7.87. The summed E-state index contributed by atoms with van der Waals surface area (Å²) in [5, 5.41) is 0.0846. The predicted molar refractivity (Wildman–Crippen MR) is 89.1 cm³/mol. The Morgan fingerprint density at radius 2 is 1.81 bits per heavy atom. The van der Waals surface area contributed by atoms with Crippen LogP contribution in [0, 0.1) is 0 Å². The molecule has 0 aromatic heterocycles. The molecule has 21 heavy (non-hydrogen) atoms. The molecular weight excluding hydrogens is 307 g/mol. The van der Waals surface area contributed by atoms with E-state index in [4.69, 9.17) is 23.2 Å². The SMILES string of the molecule is CN(C)C1CC(Cl)CC1N(C(=O)C=CCl)c1ccccc1. The van der Waals surface area contributed by atoms with E-state index >= 15 is 0 Å². The zero-order valence-electron chi connectivity index (χ0n) is 12.2. The number of benzene rings is 1. The zero-order chi connectivity index (χ0) is 15.4. The number of likely N-dealkylation sites (N-methyl/N-ethyl adjacent to an activating group) is 1. The van der Waals surface area contributed by atoms with Gasteiger partial charge in [0.05, 0.1) is 6.04 Å². The lowest BCUT2D eigenvalue weighted by Gasteiger charge is -2.35. The average Bonchev–Trinajstić information content (AvgIpc) is 2.82. The van der Waals surface area contributed by atoms with Gasteiger partial charge in [0, 0.05) is 28.7 Å². The molecule has 1 aliphatic rings. The highest BCUT2D eigenvalue weighted by Gasteiger charge is 2.40. The van der Waals surface area contributed by atoms with E-state index < -0.39 is 0 Å². The van der Waals surface area contributed by atoms with Crippen LogP contribution >= 0.6 is 23.2 Å². The van der Waals surface area contributed by atoms with Crippen molar-refractivity contribution in [2.75, 3.05) is 19.0 Å². The van der Waals surface area contributed by atoms with Gasteiger partial charge in [-0.1, -0.05) is 29.8 Å². The number of carbonyl (C=O) groups is 1. The predicted octanol–water partition coefficient (Wildman–Crippen LogP) is 3.47. The van der Waals surface area contributed by atoms with Crippen molar-refractivity contribution in [2.24, 2.45) is 0 Å². The minimum absolute atomic E-state index is 0.0465. The summed E-state index contributed by atoms with van der Waals surface area (Å²) in [5.74, 6) is -0.112. The lowest BCUT2D eigenvalue weighted by molar-refractivity contribution is -0.114. The molecule has 3 unspecified atom stereocenters. The first-order chi connectivity index (χ1) is 10.0. The van der Waals surface area contributed by atoms with E-state index in [-0.39, 0.29) is 23.4 Å². The van der Waals surface area contributed by atoms with Gasteiger partial charge < -0.3 is 9.80 Å². The van der Waals surface area contributed by atoms with Crippen molar-refractivity contribution in [1.82, 2.24) is 4.90 Å². The fourth-order valence-electron chi connectivity index (χ4n) is 2.97. The molecule has 1 aliphatic carbocycles. The lowest BCUT2D eigenvalue weighted by atomic mass is 10.1. The molecule has 3 nitrogen and oxygen atoms in total. The van der Waals surface area contributed by atoms with Crippen molar-refractivity contribution in [2.45, 2.75) is 30.3 Å². The highest BCUT2D eigenvalue weighted by molar-refractivity contribution is 6.27. The van der Waals surface area contributed by atoms with Crippen LogP contribution in [-0.2, 0) is 4.79 Å². The molecule has 3 atom stereocenters. The van der Waals surface area contributed by atoms with E-state index in [1.165, 1.54) is 11.6 Å². The number of nitrogens with zero attached hydrogens (tertiary/aromatic N) is 2. The number of para-hydroxylation sites is 1. The van der Waals surface area contributed by atoms with Crippen molar-refractivity contribution < 1.29 is 4.79 Å². The van der Waals surface area contributed by atoms with Crippen LogP contribution in [0.3, 0.4) is 0 Å². The first-order valence-electron chi connectivity index (χ1n) is 7.00. The molecule has 1 amide bonds. The smallest absolute Gasteiger partial charge is 0.252 e. The molecule has 5 heteroatoms. The Kier molecular flexibility index (Phi) is 5.68.